The molecule has 0 bridgehead atoms. The van der Waals surface area contributed by atoms with Gasteiger partial charge in [0.05, 0.1) is 8.81 Å². The Morgan fingerprint density at radius 3 is 3.00 bits per heavy atom. The Morgan fingerprint density at radius 1 is 1.56 bits per heavy atom. The van der Waals surface area contributed by atoms with Crippen molar-refractivity contribution in [2.24, 2.45) is 5.73 Å². The van der Waals surface area contributed by atoms with Crippen molar-refractivity contribution in [1.82, 2.24) is 4.98 Å². The number of halogens is 2. The first-order valence-corrected chi connectivity index (χ1v) is 6.80. The van der Waals surface area contributed by atoms with E-state index in [0.29, 0.717) is 5.02 Å². The summed E-state index contributed by atoms with van der Waals surface area (Å²) in [5, 5.41) is 2.73. The van der Waals surface area contributed by atoms with E-state index in [1.165, 1.54) is 0 Å². The fourth-order valence-electron chi connectivity index (χ4n) is 1.44. The van der Waals surface area contributed by atoms with Crippen LogP contribution in [0.3, 0.4) is 0 Å². The Morgan fingerprint density at radius 2 is 2.38 bits per heavy atom. The van der Waals surface area contributed by atoms with Crippen LogP contribution >= 0.6 is 38.9 Å². The zero-order chi connectivity index (χ0) is 11.5. The van der Waals surface area contributed by atoms with Crippen LogP contribution in [0.2, 0.25) is 5.02 Å². The van der Waals surface area contributed by atoms with Gasteiger partial charge in [0.25, 0.3) is 0 Å². The number of pyridine rings is 1. The summed E-state index contributed by atoms with van der Waals surface area (Å²) in [5.41, 5.74) is 8.28. The molecule has 2 aromatic heterocycles. The molecule has 0 radical (unpaired) electrons. The number of nitrogens with two attached hydrogens (primary N) is 1. The van der Waals surface area contributed by atoms with Gasteiger partial charge in [0, 0.05) is 18.4 Å². The molecule has 2 aromatic rings. The van der Waals surface area contributed by atoms with Crippen LogP contribution in [0.25, 0.3) is 0 Å². The Kier molecular flexibility index (Phi) is 3.97. The molecule has 2 rings (SSSR count). The highest BCUT2D eigenvalue weighted by molar-refractivity contribution is 9.11. The SMILES string of the molecule is NC(Cc1ccncc1Cl)c1csc(Br)c1. The molecule has 0 aliphatic rings. The predicted octanol–water partition coefficient (Wildman–Crippen LogP) is 3.80. The van der Waals surface area contributed by atoms with Gasteiger partial charge in [-0.15, -0.1) is 11.3 Å². The summed E-state index contributed by atoms with van der Waals surface area (Å²) in [7, 11) is 0. The molecule has 1 unspecified atom stereocenters. The maximum absolute atomic E-state index is 6.12. The molecule has 2 heterocycles. The smallest absolute Gasteiger partial charge is 0.0701 e. The molecule has 0 aromatic carbocycles. The highest BCUT2D eigenvalue weighted by atomic mass is 79.9. The Labute approximate surface area is 112 Å². The molecular weight excluding hydrogens is 308 g/mol. The number of hydrogen-bond acceptors (Lipinski definition) is 3. The van der Waals surface area contributed by atoms with E-state index in [-0.39, 0.29) is 6.04 Å². The first-order valence-electron chi connectivity index (χ1n) is 4.74. The van der Waals surface area contributed by atoms with Crippen molar-refractivity contribution < 1.29 is 0 Å². The van der Waals surface area contributed by atoms with Gasteiger partial charge in [-0.3, -0.25) is 4.98 Å². The summed E-state index contributed by atoms with van der Waals surface area (Å²) in [5.74, 6) is 0. The van der Waals surface area contributed by atoms with E-state index in [4.69, 9.17) is 17.3 Å². The molecule has 2 N–H and O–H groups in total. The number of rotatable bonds is 3. The third-order valence-electron chi connectivity index (χ3n) is 2.31. The second-order valence-corrected chi connectivity index (χ2v) is 6.16. The van der Waals surface area contributed by atoms with Crippen molar-refractivity contribution in [3.63, 3.8) is 0 Å². The summed E-state index contributed by atoms with van der Waals surface area (Å²) in [6, 6.07) is 3.93. The highest BCUT2D eigenvalue weighted by Crippen LogP contribution is 2.27. The van der Waals surface area contributed by atoms with Gasteiger partial charge in [0.1, 0.15) is 0 Å². The van der Waals surface area contributed by atoms with Crippen LogP contribution in [0.4, 0.5) is 0 Å². The molecule has 0 spiro atoms. The van der Waals surface area contributed by atoms with Gasteiger partial charge in [0.2, 0.25) is 0 Å². The molecule has 5 heteroatoms. The first kappa shape index (κ1) is 12.0. The lowest BCUT2D eigenvalue weighted by Gasteiger charge is -2.10. The number of hydrogen-bond donors (Lipinski definition) is 1. The summed E-state index contributed by atoms with van der Waals surface area (Å²) < 4.78 is 1.10. The average Bonchev–Trinajstić information content (AvgIpc) is 2.68. The number of thiophene rings is 1. The number of nitrogens with zero attached hydrogens (tertiary/aromatic N) is 1. The van der Waals surface area contributed by atoms with Crippen molar-refractivity contribution in [3.05, 3.63) is 49.8 Å². The van der Waals surface area contributed by atoms with Gasteiger partial charge in [-0.05, 0) is 51.0 Å². The van der Waals surface area contributed by atoms with Gasteiger partial charge in [-0.1, -0.05) is 11.6 Å². The second kappa shape index (κ2) is 5.27. The van der Waals surface area contributed by atoms with Crippen molar-refractivity contribution in [2.45, 2.75) is 12.5 Å². The van der Waals surface area contributed by atoms with E-state index in [1.54, 1.807) is 23.7 Å². The molecule has 0 fully saturated rings. The molecule has 0 saturated heterocycles. The molecule has 1 atom stereocenters. The summed E-state index contributed by atoms with van der Waals surface area (Å²) >= 11 is 11.1. The monoisotopic (exact) mass is 316 g/mol. The van der Waals surface area contributed by atoms with E-state index in [1.807, 2.05) is 12.1 Å². The zero-order valence-corrected chi connectivity index (χ0v) is 11.5. The zero-order valence-electron chi connectivity index (χ0n) is 8.36. The van der Waals surface area contributed by atoms with Crippen LogP contribution in [0.5, 0.6) is 0 Å². The topological polar surface area (TPSA) is 38.9 Å². The fourth-order valence-corrected chi connectivity index (χ4v) is 2.88. The molecule has 0 aliphatic carbocycles. The average molecular weight is 318 g/mol. The van der Waals surface area contributed by atoms with Crippen LogP contribution < -0.4 is 5.73 Å². The van der Waals surface area contributed by atoms with E-state index in [9.17, 15) is 0 Å². The van der Waals surface area contributed by atoms with Gasteiger partial charge in [-0.25, -0.2) is 0 Å². The van der Waals surface area contributed by atoms with E-state index in [0.717, 1.165) is 21.3 Å². The molecular formula is C11H10BrClN2S. The number of aromatic nitrogens is 1. The van der Waals surface area contributed by atoms with Gasteiger partial charge < -0.3 is 5.73 Å². The van der Waals surface area contributed by atoms with Crippen LogP contribution in [-0.4, -0.2) is 4.98 Å². The van der Waals surface area contributed by atoms with Gasteiger partial charge in [-0.2, -0.15) is 0 Å². The second-order valence-electron chi connectivity index (χ2n) is 3.46. The first-order chi connectivity index (χ1) is 7.66. The fraction of sp³-hybridized carbons (Fsp3) is 0.182. The molecule has 2 nitrogen and oxygen atoms in total. The summed E-state index contributed by atoms with van der Waals surface area (Å²) in [6.07, 6.45) is 4.11. The minimum absolute atomic E-state index is 0.0255. The highest BCUT2D eigenvalue weighted by Gasteiger charge is 2.10. The van der Waals surface area contributed by atoms with Crippen molar-refractivity contribution in [3.8, 4) is 0 Å². The Bertz CT molecular complexity index is 486. The third kappa shape index (κ3) is 2.83. The third-order valence-corrected chi connectivity index (χ3v) is 4.18. The lowest BCUT2D eigenvalue weighted by Crippen LogP contribution is -2.12. The molecule has 0 aliphatic heterocycles. The maximum Gasteiger partial charge on any atom is 0.0701 e. The standard InChI is InChI=1S/C11H10BrClN2S/c12-11-4-8(6-16-11)10(14)3-7-1-2-15-5-9(7)13/h1-2,4-6,10H,3,14H2. The molecule has 0 saturated carbocycles. The van der Waals surface area contributed by atoms with E-state index < -0.39 is 0 Å². The van der Waals surface area contributed by atoms with E-state index in [2.05, 4.69) is 26.3 Å². The summed E-state index contributed by atoms with van der Waals surface area (Å²) in [6.45, 7) is 0. The van der Waals surface area contributed by atoms with Crippen LogP contribution in [0.1, 0.15) is 17.2 Å². The van der Waals surface area contributed by atoms with Crippen LogP contribution in [-0.2, 0) is 6.42 Å². The minimum atomic E-state index is -0.0255. The molecule has 84 valence electrons. The predicted molar refractivity (Wildman–Crippen MR) is 71.9 cm³/mol. The largest absolute Gasteiger partial charge is 0.324 e. The van der Waals surface area contributed by atoms with Gasteiger partial charge >= 0.3 is 0 Å². The lowest BCUT2D eigenvalue weighted by molar-refractivity contribution is 0.724. The quantitative estimate of drug-likeness (QED) is 0.935. The summed E-state index contributed by atoms with van der Waals surface area (Å²) in [4.78, 5) is 3.95. The van der Waals surface area contributed by atoms with Crippen molar-refractivity contribution >= 4 is 38.9 Å². The van der Waals surface area contributed by atoms with Crippen molar-refractivity contribution in [1.29, 1.82) is 0 Å². The van der Waals surface area contributed by atoms with Crippen LogP contribution in [0.15, 0.2) is 33.7 Å². The van der Waals surface area contributed by atoms with Crippen molar-refractivity contribution in [2.75, 3.05) is 0 Å². The molecule has 0 amide bonds. The van der Waals surface area contributed by atoms with Gasteiger partial charge in [0.15, 0.2) is 0 Å². The minimum Gasteiger partial charge on any atom is -0.324 e. The Balaban J connectivity index is 2.13. The lowest BCUT2D eigenvalue weighted by atomic mass is 10.0. The Hall–Kier alpha value is -0.420. The van der Waals surface area contributed by atoms with Crippen LogP contribution in [0, 0.1) is 0 Å². The van der Waals surface area contributed by atoms with E-state index >= 15 is 0 Å². The molecule has 16 heavy (non-hydrogen) atoms. The maximum atomic E-state index is 6.12. The normalized spacial score (nSPS) is 12.7.